The molecular formula is C21H27NO4S. The maximum atomic E-state index is 12.6. The summed E-state index contributed by atoms with van der Waals surface area (Å²) in [6.45, 7) is 10.6. The van der Waals surface area contributed by atoms with Gasteiger partial charge in [0.2, 0.25) is 0 Å². The molecule has 1 aliphatic rings. The van der Waals surface area contributed by atoms with Crippen LogP contribution in [0.4, 0.5) is 5.00 Å². The number of amides is 1. The third kappa shape index (κ3) is 4.10. The van der Waals surface area contributed by atoms with Crippen molar-refractivity contribution in [1.29, 1.82) is 0 Å². The van der Waals surface area contributed by atoms with Crippen molar-refractivity contribution in [3.63, 3.8) is 0 Å². The minimum absolute atomic E-state index is 0.209. The Hall–Kier alpha value is -2.08. The molecule has 0 saturated carbocycles. The standard InChI is InChI=1S/C21H27NO4S/c1-6-25-20(24)17-14-9-8-13(21(3,4)5)11-16(14)27-19(17)22-18(23)15-10-7-12(2)26-15/h7,10,13H,6,8-9,11H2,1-5H3,(H,22,23)/t13-/m0/s1. The first-order valence-corrected chi connectivity index (χ1v) is 10.2. The molecule has 1 N–H and O–H groups in total. The van der Waals surface area contributed by atoms with E-state index in [2.05, 4.69) is 26.1 Å². The Bertz CT molecular complexity index is 856. The second-order valence-corrected chi connectivity index (χ2v) is 9.20. The first kappa shape index (κ1) is 19.7. The number of carbonyl (C=O) groups excluding carboxylic acids is 2. The molecule has 0 aromatic carbocycles. The predicted molar refractivity (Wildman–Crippen MR) is 107 cm³/mol. The Morgan fingerprint density at radius 3 is 2.67 bits per heavy atom. The Morgan fingerprint density at radius 2 is 2.07 bits per heavy atom. The van der Waals surface area contributed by atoms with Crippen LogP contribution in [0, 0.1) is 18.3 Å². The molecule has 3 rings (SSSR count). The zero-order chi connectivity index (χ0) is 19.8. The van der Waals surface area contributed by atoms with Gasteiger partial charge in [-0.15, -0.1) is 11.3 Å². The molecule has 146 valence electrons. The van der Waals surface area contributed by atoms with Gasteiger partial charge in [0, 0.05) is 4.88 Å². The molecule has 0 unspecified atom stereocenters. The smallest absolute Gasteiger partial charge is 0.341 e. The minimum Gasteiger partial charge on any atom is -0.462 e. The second-order valence-electron chi connectivity index (χ2n) is 8.10. The number of aryl methyl sites for hydroxylation is 1. The lowest BCUT2D eigenvalue weighted by Crippen LogP contribution is -2.26. The molecule has 2 aromatic heterocycles. The number of furan rings is 1. The largest absolute Gasteiger partial charge is 0.462 e. The summed E-state index contributed by atoms with van der Waals surface area (Å²) in [5.41, 5.74) is 1.76. The predicted octanol–water partition coefficient (Wildman–Crippen LogP) is 5.23. The van der Waals surface area contributed by atoms with E-state index in [-0.39, 0.29) is 23.1 Å². The molecule has 0 bridgehead atoms. The number of ether oxygens (including phenoxy) is 1. The van der Waals surface area contributed by atoms with E-state index in [0.717, 1.165) is 24.8 Å². The quantitative estimate of drug-likeness (QED) is 0.727. The van der Waals surface area contributed by atoms with E-state index >= 15 is 0 Å². The van der Waals surface area contributed by atoms with Crippen LogP contribution in [0.3, 0.4) is 0 Å². The van der Waals surface area contributed by atoms with Crippen molar-refractivity contribution in [3.05, 3.63) is 39.7 Å². The molecular weight excluding hydrogens is 362 g/mol. The highest BCUT2D eigenvalue weighted by molar-refractivity contribution is 7.17. The van der Waals surface area contributed by atoms with Gasteiger partial charge in [0.1, 0.15) is 10.8 Å². The number of thiophene rings is 1. The fourth-order valence-corrected chi connectivity index (χ4v) is 4.86. The van der Waals surface area contributed by atoms with Gasteiger partial charge in [0.25, 0.3) is 5.91 Å². The highest BCUT2D eigenvalue weighted by atomic mass is 32.1. The lowest BCUT2D eigenvalue weighted by molar-refractivity contribution is 0.0526. The van der Waals surface area contributed by atoms with Crippen LogP contribution in [-0.2, 0) is 17.6 Å². The average molecular weight is 390 g/mol. The van der Waals surface area contributed by atoms with Gasteiger partial charge in [-0.25, -0.2) is 4.79 Å². The molecule has 2 aromatic rings. The summed E-state index contributed by atoms with van der Waals surface area (Å²) in [5.74, 6) is 0.746. The summed E-state index contributed by atoms with van der Waals surface area (Å²) in [6, 6.07) is 3.38. The Kier molecular flexibility index (Phi) is 5.47. The van der Waals surface area contributed by atoms with Crippen LogP contribution in [0.2, 0.25) is 0 Å². The van der Waals surface area contributed by atoms with Gasteiger partial charge in [-0.2, -0.15) is 0 Å². The van der Waals surface area contributed by atoms with Crippen molar-refractivity contribution in [1.82, 2.24) is 0 Å². The topological polar surface area (TPSA) is 68.5 Å². The molecule has 0 spiro atoms. The van der Waals surface area contributed by atoms with E-state index < -0.39 is 0 Å². The van der Waals surface area contributed by atoms with Crippen LogP contribution in [0.15, 0.2) is 16.5 Å². The number of anilines is 1. The van der Waals surface area contributed by atoms with E-state index in [1.165, 1.54) is 16.2 Å². The third-order valence-electron chi connectivity index (χ3n) is 5.16. The van der Waals surface area contributed by atoms with Gasteiger partial charge >= 0.3 is 5.97 Å². The fraction of sp³-hybridized carbons (Fsp3) is 0.524. The van der Waals surface area contributed by atoms with E-state index in [9.17, 15) is 9.59 Å². The van der Waals surface area contributed by atoms with Gasteiger partial charge in [-0.1, -0.05) is 20.8 Å². The summed E-state index contributed by atoms with van der Waals surface area (Å²) in [5, 5.41) is 3.44. The van der Waals surface area contributed by atoms with Gasteiger partial charge in [-0.05, 0) is 62.1 Å². The zero-order valence-electron chi connectivity index (χ0n) is 16.6. The van der Waals surface area contributed by atoms with Crippen LogP contribution in [0.25, 0.3) is 0 Å². The Balaban J connectivity index is 1.94. The highest BCUT2D eigenvalue weighted by Crippen LogP contribution is 2.44. The second kappa shape index (κ2) is 7.50. The fourth-order valence-electron chi connectivity index (χ4n) is 3.55. The van der Waals surface area contributed by atoms with Crippen molar-refractivity contribution in [2.45, 2.75) is 53.9 Å². The average Bonchev–Trinajstić information content (AvgIpc) is 3.16. The number of hydrogen-bond acceptors (Lipinski definition) is 5. The van der Waals surface area contributed by atoms with E-state index in [1.54, 1.807) is 26.0 Å². The summed E-state index contributed by atoms with van der Waals surface area (Å²) in [7, 11) is 0. The molecule has 27 heavy (non-hydrogen) atoms. The zero-order valence-corrected chi connectivity index (χ0v) is 17.4. The lowest BCUT2D eigenvalue weighted by Gasteiger charge is -2.33. The number of rotatable bonds is 4. The van der Waals surface area contributed by atoms with Gasteiger partial charge in [-0.3, -0.25) is 4.79 Å². The van der Waals surface area contributed by atoms with Crippen LogP contribution < -0.4 is 5.32 Å². The molecule has 0 fully saturated rings. The number of esters is 1. The third-order valence-corrected chi connectivity index (χ3v) is 6.33. The molecule has 0 aliphatic heterocycles. The van der Waals surface area contributed by atoms with Crippen LogP contribution >= 0.6 is 11.3 Å². The van der Waals surface area contributed by atoms with E-state index in [1.807, 2.05) is 0 Å². The van der Waals surface area contributed by atoms with Crippen LogP contribution in [0.1, 0.15) is 71.2 Å². The summed E-state index contributed by atoms with van der Waals surface area (Å²) < 4.78 is 10.7. The molecule has 0 radical (unpaired) electrons. The van der Waals surface area contributed by atoms with Crippen molar-refractivity contribution in [2.24, 2.45) is 11.3 Å². The number of nitrogens with one attached hydrogen (secondary N) is 1. The van der Waals surface area contributed by atoms with E-state index in [4.69, 9.17) is 9.15 Å². The number of carbonyl (C=O) groups is 2. The minimum atomic E-state index is -0.366. The molecule has 5 nitrogen and oxygen atoms in total. The van der Waals surface area contributed by atoms with Crippen molar-refractivity contribution in [2.75, 3.05) is 11.9 Å². The van der Waals surface area contributed by atoms with Crippen LogP contribution in [0.5, 0.6) is 0 Å². The molecule has 6 heteroatoms. The summed E-state index contributed by atoms with van der Waals surface area (Å²) in [6.07, 6.45) is 2.79. The molecule has 1 aliphatic carbocycles. The van der Waals surface area contributed by atoms with Gasteiger partial charge in [0.05, 0.1) is 12.2 Å². The maximum Gasteiger partial charge on any atom is 0.341 e. The first-order valence-electron chi connectivity index (χ1n) is 9.40. The monoisotopic (exact) mass is 389 g/mol. The molecule has 1 atom stereocenters. The first-order chi connectivity index (χ1) is 12.7. The van der Waals surface area contributed by atoms with Crippen molar-refractivity contribution < 1.29 is 18.7 Å². The van der Waals surface area contributed by atoms with Gasteiger partial charge < -0.3 is 14.5 Å². The van der Waals surface area contributed by atoms with E-state index in [0.29, 0.717) is 28.8 Å². The van der Waals surface area contributed by atoms with Gasteiger partial charge in [0.15, 0.2) is 5.76 Å². The Morgan fingerprint density at radius 1 is 1.33 bits per heavy atom. The summed E-state index contributed by atoms with van der Waals surface area (Å²) >= 11 is 1.49. The highest BCUT2D eigenvalue weighted by Gasteiger charge is 2.34. The molecule has 1 amide bonds. The normalized spacial score (nSPS) is 16.7. The molecule has 0 saturated heterocycles. The van der Waals surface area contributed by atoms with Crippen molar-refractivity contribution >= 4 is 28.2 Å². The van der Waals surface area contributed by atoms with Crippen molar-refractivity contribution in [3.8, 4) is 0 Å². The Labute approximate surface area is 164 Å². The number of hydrogen-bond donors (Lipinski definition) is 1. The number of fused-ring (bicyclic) bond motifs is 1. The summed E-state index contributed by atoms with van der Waals surface area (Å²) in [4.78, 5) is 26.3. The lowest BCUT2D eigenvalue weighted by atomic mass is 9.72. The van der Waals surface area contributed by atoms with Crippen LogP contribution in [-0.4, -0.2) is 18.5 Å². The molecule has 2 heterocycles. The SMILES string of the molecule is CCOC(=O)c1c(NC(=O)c2ccc(C)o2)sc2c1CC[C@H](C(C)(C)C)C2. The maximum absolute atomic E-state index is 12.6.